The van der Waals surface area contributed by atoms with Crippen LogP contribution >= 0.6 is 15.9 Å². The van der Waals surface area contributed by atoms with Crippen LogP contribution in [0.4, 0.5) is 8.78 Å². The standard InChI is InChI=1S/C11H9BrF2O2/c12-8-3-1-7(2-4-8)10(9(15)16)5-11(13,14)6-10/h1-4H,5-6H2,(H,15,16). The summed E-state index contributed by atoms with van der Waals surface area (Å²) in [6.45, 7) is 0. The Balaban J connectivity index is 2.36. The third-order valence-electron chi connectivity index (χ3n) is 2.93. The van der Waals surface area contributed by atoms with Crippen molar-refractivity contribution in [3.05, 3.63) is 34.3 Å². The van der Waals surface area contributed by atoms with Gasteiger partial charge in [0, 0.05) is 17.3 Å². The first-order chi connectivity index (χ1) is 7.36. The van der Waals surface area contributed by atoms with Gasteiger partial charge in [-0.15, -0.1) is 0 Å². The predicted octanol–water partition coefficient (Wildman–Crippen LogP) is 3.20. The number of hydrogen-bond donors (Lipinski definition) is 1. The Morgan fingerprint density at radius 1 is 1.25 bits per heavy atom. The Hall–Kier alpha value is -0.970. The van der Waals surface area contributed by atoms with Gasteiger partial charge in [-0.1, -0.05) is 28.1 Å². The van der Waals surface area contributed by atoms with Gasteiger partial charge in [-0.25, -0.2) is 8.78 Å². The molecule has 1 fully saturated rings. The molecule has 86 valence electrons. The van der Waals surface area contributed by atoms with Crippen molar-refractivity contribution in [1.29, 1.82) is 0 Å². The molecule has 16 heavy (non-hydrogen) atoms. The molecular weight excluding hydrogens is 282 g/mol. The molecule has 1 aliphatic carbocycles. The lowest BCUT2D eigenvalue weighted by Crippen LogP contribution is -2.54. The third-order valence-corrected chi connectivity index (χ3v) is 3.46. The van der Waals surface area contributed by atoms with E-state index in [1.54, 1.807) is 24.3 Å². The van der Waals surface area contributed by atoms with Crippen LogP contribution in [0, 0.1) is 0 Å². The fraction of sp³-hybridized carbons (Fsp3) is 0.364. The molecule has 0 aromatic heterocycles. The molecule has 1 aromatic carbocycles. The largest absolute Gasteiger partial charge is 0.481 e. The van der Waals surface area contributed by atoms with E-state index in [4.69, 9.17) is 5.11 Å². The highest BCUT2D eigenvalue weighted by Gasteiger charge is 2.62. The topological polar surface area (TPSA) is 37.3 Å². The molecule has 1 aliphatic rings. The summed E-state index contributed by atoms with van der Waals surface area (Å²) < 4.78 is 26.6. The number of carbonyl (C=O) groups is 1. The van der Waals surface area contributed by atoms with Crippen molar-refractivity contribution in [2.75, 3.05) is 0 Å². The van der Waals surface area contributed by atoms with E-state index >= 15 is 0 Å². The van der Waals surface area contributed by atoms with Crippen molar-refractivity contribution in [1.82, 2.24) is 0 Å². The quantitative estimate of drug-likeness (QED) is 0.908. The van der Waals surface area contributed by atoms with Gasteiger partial charge >= 0.3 is 5.97 Å². The van der Waals surface area contributed by atoms with E-state index in [-0.39, 0.29) is 0 Å². The molecule has 5 heteroatoms. The Morgan fingerprint density at radius 2 is 1.75 bits per heavy atom. The van der Waals surface area contributed by atoms with Gasteiger partial charge in [0.1, 0.15) is 5.41 Å². The molecule has 0 saturated heterocycles. The van der Waals surface area contributed by atoms with Crippen molar-refractivity contribution in [3.63, 3.8) is 0 Å². The molecular formula is C11H9BrF2O2. The second-order valence-corrected chi connectivity index (χ2v) is 5.02. The van der Waals surface area contributed by atoms with Crippen LogP contribution in [0.25, 0.3) is 0 Å². The molecule has 2 nitrogen and oxygen atoms in total. The van der Waals surface area contributed by atoms with E-state index in [0.717, 1.165) is 4.47 Å². The van der Waals surface area contributed by atoms with Crippen LogP contribution in [0.2, 0.25) is 0 Å². The van der Waals surface area contributed by atoms with Crippen molar-refractivity contribution < 1.29 is 18.7 Å². The summed E-state index contributed by atoms with van der Waals surface area (Å²) in [4.78, 5) is 11.1. The van der Waals surface area contributed by atoms with Gasteiger partial charge in [0.05, 0.1) is 0 Å². The monoisotopic (exact) mass is 290 g/mol. The molecule has 0 radical (unpaired) electrons. The van der Waals surface area contributed by atoms with E-state index in [2.05, 4.69) is 15.9 Å². The number of benzene rings is 1. The summed E-state index contributed by atoms with van der Waals surface area (Å²) in [5.41, 5.74) is -0.973. The summed E-state index contributed by atoms with van der Waals surface area (Å²) in [5.74, 6) is -4.04. The van der Waals surface area contributed by atoms with Crippen LogP contribution < -0.4 is 0 Å². The van der Waals surface area contributed by atoms with E-state index < -0.39 is 30.1 Å². The molecule has 2 rings (SSSR count). The Labute approximate surface area is 99.4 Å². The zero-order valence-electron chi connectivity index (χ0n) is 8.21. The minimum absolute atomic E-state index is 0.439. The molecule has 0 amide bonds. The fourth-order valence-electron chi connectivity index (χ4n) is 2.08. The Kier molecular flexibility index (Phi) is 2.53. The zero-order valence-corrected chi connectivity index (χ0v) is 9.80. The molecule has 0 bridgehead atoms. The number of hydrogen-bond acceptors (Lipinski definition) is 1. The molecule has 0 aliphatic heterocycles. The second kappa shape index (κ2) is 3.52. The van der Waals surface area contributed by atoms with Gasteiger partial charge in [-0.3, -0.25) is 4.79 Å². The van der Waals surface area contributed by atoms with Crippen LogP contribution in [-0.4, -0.2) is 17.0 Å². The number of carboxylic acid groups (broad SMARTS) is 1. The SMILES string of the molecule is O=C(O)C1(c2ccc(Br)cc2)CC(F)(F)C1. The van der Waals surface area contributed by atoms with Gasteiger partial charge in [0.2, 0.25) is 0 Å². The first kappa shape index (κ1) is 11.5. The van der Waals surface area contributed by atoms with Gasteiger partial charge in [0.25, 0.3) is 5.92 Å². The number of carboxylic acids is 1. The Morgan fingerprint density at radius 3 is 2.12 bits per heavy atom. The second-order valence-electron chi connectivity index (χ2n) is 4.10. The highest BCUT2D eigenvalue weighted by atomic mass is 79.9. The number of halogens is 3. The van der Waals surface area contributed by atoms with Crippen LogP contribution in [0.15, 0.2) is 28.7 Å². The van der Waals surface area contributed by atoms with E-state index in [9.17, 15) is 13.6 Å². The normalized spacial score (nSPS) is 21.2. The summed E-state index contributed by atoms with van der Waals surface area (Å²) in [6.07, 6.45) is -1.23. The lowest BCUT2D eigenvalue weighted by Gasteiger charge is -2.44. The van der Waals surface area contributed by atoms with E-state index in [1.165, 1.54) is 0 Å². The lowest BCUT2D eigenvalue weighted by atomic mass is 9.62. The maximum Gasteiger partial charge on any atom is 0.314 e. The molecule has 0 heterocycles. The fourth-order valence-corrected chi connectivity index (χ4v) is 2.34. The van der Waals surface area contributed by atoms with Gasteiger partial charge in [0.15, 0.2) is 0 Å². The minimum Gasteiger partial charge on any atom is -0.481 e. The average Bonchev–Trinajstić information content (AvgIpc) is 2.14. The predicted molar refractivity (Wildman–Crippen MR) is 57.6 cm³/mol. The van der Waals surface area contributed by atoms with E-state index in [0.29, 0.717) is 5.56 Å². The van der Waals surface area contributed by atoms with Crippen LogP contribution in [0.3, 0.4) is 0 Å². The first-order valence-corrected chi connectivity index (χ1v) is 5.52. The molecule has 0 unspecified atom stereocenters. The van der Waals surface area contributed by atoms with E-state index in [1.807, 2.05) is 0 Å². The van der Waals surface area contributed by atoms with Crippen LogP contribution in [0.1, 0.15) is 18.4 Å². The van der Waals surface area contributed by atoms with Crippen molar-refractivity contribution >= 4 is 21.9 Å². The van der Waals surface area contributed by atoms with Crippen molar-refractivity contribution in [2.24, 2.45) is 0 Å². The zero-order chi connectivity index (χ0) is 12.0. The highest BCUT2D eigenvalue weighted by Crippen LogP contribution is 2.53. The summed E-state index contributed by atoms with van der Waals surface area (Å²) in [7, 11) is 0. The van der Waals surface area contributed by atoms with Crippen LogP contribution in [-0.2, 0) is 10.2 Å². The average molecular weight is 291 g/mol. The molecule has 0 spiro atoms. The first-order valence-electron chi connectivity index (χ1n) is 4.73. The lowest BCUT2D eigenvalue weighted by molar-refractivity contribution is -0.174. The summed E-state index contributed by atoms with van der Waals surface area (Å²) in [6, 6.07) is 6.48. The number of alkyl halides is 2. The molecule has 1 saturated carbocycles. The van der Waals surface area contributed by atoms with Crippen molar-refractivity contribution in [3.8, 4) is 0 Å². The van der Waals surface area contributed by atoms with Crippen molar-refractivity contribution in [2.45, 2.75) is 24.2 Å². The Bertz CT molecular complexity index is 420. The minimum atomic E-state index is -2.86. The van der Waals surface area contributed by atoms with Gasteiger partial charge in [-0.05, 0) is 17.7 Å². The third kappa shape index (κ3) is 1.73. The number of rotatable bonds is 2. The molecule has 1 N–H and O–H groups in total. The smallest absolute Gasteiger partial charge is 0.314 e. The molecule has 0 atom stereocenters. The number of aliphatic carboxylic acids is 1. The van der Waals surface area contributed by atoms with Gasteiger partial charge in [-0.2, -0.15) is 0 Å². The maximum absolute atomic E-state index is 12.9. The highest BCUT2D eigenvalue weighted by molar-refractivity contribution is 9.10. The van der Waals surface area contributed by atoms with Crippen LogP contribution in [0.5, 0.6) is 0 Å². The maximum atomic E-state index is 12.9. The van der Waals surface area contributed by atoms with Gasteiger partial charge < -0.3 is 5.11 Å². The summed E-state index contributed by atoms with van der Waals surface area (Å²) in [5, 5.41) is 9.09. The molecule has 1 aromatic rings. The summed E-state index contributed by atoms with van der Waals surface area (Å²) >= 11 is 3.22.